The number of carbonyl (C=O) groups excluding carboxylic acids is 1. The van der Waals surface area contributed by atoms with Crippen LogP contribution in [0.4, 0.5) is 8.78 Å². The van der Waals surface area contributed by atoms with Crippen molar-refractivity contribution in [3.8, 4) is 5.69 Å². The van der Waals surface area contributed by atoms with E-state index in [1.165, 1.54) is 6.07 Å². The number of pyridine rings is 2. The molecule has 6 rings (SSSR count). The average molecular weight is 562 g/mol. The van der Waals surface area contributed by atoms with Gasteiger partial charge >= 0.3 is 5.69 Å². The Balaban J connectivity index is 1.19. The highest BCUT2D eigenvalue weighted by molar-refractivity contribution is 6.30. The zero-order valence-corrected chi connectivity index (χ0v) is 22.2. The van der Waals surface area contributed by atoms with Crippen molar-refractivity contribution in [1.29, 1.82) is 0 Å². The van der Waals surface area contributed by atoms with Crippen LogP contribution < -0.4 is 11.0 Å². The molecule has 1 saturated carbocycles. The SMILES string of the molecule is O=C(N[C@H]1CC[C@H](Cn2c(=O)n(-c3ccc4cccnc4c3)c3ccccc32)CC1)c1cc(Cl)cnc1C(F)F. The van der Waals surface area contributed by atoms with Crippen molar-refractivity contribution in [3.63, 3.8) is 0 Å². The maximum Gasteiger partial charge on any atom is 0.333 e. The predicted molar refractivity (Wildman–Crippen MR) is 150 cm³/mol. The summed E-state index contributed by atoms with van der Waals surface area (Å²) in [6.07, 6.45) is 2.90. The third-order valence-electron chi connectivity index (χ3n) is 7.64. The van der Waals surface area contributed by atoms with Gasteiger partial charge in [0, 0.05) is 30.4 Å². The number of halogens is 3. The summed E-state index contributed by atoms with van der Waals surface area (Å²) in [5.41, 5.74) is 2.38. The largest absolute Gasteiger partial charge is 0.349 e. The summed E-state index contributed by atoms with van der Waals surface area (Å²) in [7, 11) is 0. The van der Waals surface area contributed by atoms with Gasteiger partial charge in [0.15, 0.2) is 0 Å². The van der Waals surface area contributed by atoms with Gasteiger partial charge in [0.1, 0.15) is 5.69 Å². The zero-order valence-electron chi connectivity index (χ0n) is 21.4. The quantitative estimate of drug-likeness (QED) is 0.263. The van der Waals surface area contributed by atoms with E-state index in [1.54, 1.807) is 10.8 Å². The standard InChI is InChI=1S/C30H26ClF2N5O2/c31-20-14-23(27(28(32)33)35-16-20)29(39)36-21-10-7-18(8-11-21)17-37-25-5-1-2-6-26(25)38(30(37)40)22-12-9-19-4-3-13-34-24(19)15-22/h1-6,9,12-16,18,21,28H,7-8,10-11,17H2,(H,36,39)/t18-,21-. The first-order chi connectivity index (χ1) is 19.4. The van der Waals surface area contributed by atoms with Gasteiger partial charge in [-0.25, -0.2) is 13.6 Å². The highest BCUT2D eigenvalue weighted by Gasteiger charge is 2.27. The predicted octanol–water partition coefficient (Wildman–Crippen LogP) is 6.32. The number of alkyl halides is 2. The maximum absolute atomic E-state index is 13.8. The molecule has 1 N–H and O–H groups in total. The molecule has 0 atom stereocenters. The summed E-state index contributed by atoms with van der Waals surface area (Å²) < 4.78 is 30.3. The van der Waals surface area contributed by atoms with Crippen LogP contribution in [-0.4, -0.2) is 31.1 Å². The third kappa shape index (κ3) is 4.97. The minimum Gasteiger partial charge on any atom is -0.349 e. The van der Waals surface area contributed by atoms with Gasteiger partial charge in [-0.1, -0.05) is 35.9 Å². The molecule has 0 spiro atoms. The Hall–Kier alpha value is -4.11. The van der Waals surface area contributed by atoms with Gasteiger partial charge in [-0.05, 0) is 68.0 Å². The van der Waals surface area contributed by atoms with E-state index >= 15 is 0 Å². The number of imidazole rings is 1. The highest BCUT2D eigenvalue weighted by Crippen LogP contribution is 2.29. The number of rotatable bonds is 6. The zero-order chi connectivity index (χ0) is 27.8. The summed E-state index contributed by atoms with van der Waals surface area (Å²) in [4.78, 5) is 34.6. The van der Waals surface area contributed by atoms with E-state index < -0.39 is 18.0 Å². The molecule has 1 aliphatic carbocycles. The molecule has 10 heteroatoms. The van der Waals surface area contributed by atoms with Gasteiger partial charge in [-0.2, -0.15) is 0 Å². The Bertz CT molecular complexity index is 1780. The van der Waals surface area contributed by atoms with E-state index in [9.17, 15) is 18.4 Å². The summed E-state index contributed by atoms with van der Waals surface area (Å²) in [6, 6.07) is 18.5. The van der Waals surface area contributed by atoms with Gasteiger partial charge in [0.25, 0.3) is 12.3 Å². The van der Waals surface area contributed by atoms with Crippen LogP contribution in [0.3, 0.4) is 0 Å². The Kier molecular flexibility index (Phi) is 7.06. The molecule has 0 bridgehead atoms. The third-order valence-corrected chi connectivity index (χ3v) is 7.85. The number of fused-ring (bicyclic) bond motifs is 2. The van der Waals surface area contributed by atoms with Gasteiger partial charge in [0.2, 0.25) is 0 Å². The topological polar surface area (TPSA) is 81.8 Å². The molecule has 1 aliphatic rings. The number of hydrogen-bond donors (Lipinski definition) is 1. The monoisotopic (exact) mass is 561 g/mol. The minimum atomic E-state index is -2.87. The van der Waals surface area contributed by atoms with Crippen molar-refractivity contribution >= 4 is 39.4 Å². The molecule has 7 nitrogen and oxygen atoms in total. The fourth-order valence-electron chi connectivity index (χ4n) is 5.64. The molecule has 5 aromatic rings. The lowest BCUT2D eigenvalue weighted by atomic mass is 9.85. The van der Waals surface area contributed by atoms with Crippen molar-refractivity contribution in [2.24, 2.45) is 5.92 Å². The molecule has 2 aromatic carbocycles. The molecule has 3 aromatic heterocycles. The Morgan fingerprint density at radius 3 is 2.55 bits per heavy atom. The second-order valence-corrected chi connectivity index (χ2v) is 10.6. The first kappa shape index (κ1) is 26.1. The first-order valence-corrected chi connectivity index (χ1v) is 13.6. The van der Waals surface area contributed by atoms with Crippen molar-refractivity contribution in [3.05, 3.63) is 99.8 Å². The van der Waals surface area contributed by atoms with Gasteiger partial charge in [-0.15, -0.1) is 0 Å². The molecule has 0 radical (unpaired) electrons. The van der Waals surface area contributed by atoms with Crippen molar-refractivity contribution in [1.82, 2.24) is 24.4 Å². The fourth-order valence-corrected chi connectivity index (χ4v) is 5.80. The average Bonchev–Trinajstić information content (AvgIpc) is 3.24. The van der Waals surface area contributed by atoms with Crippen LogP contribution in [0.5, 0.6) is 0 Å². The number of nitrogens with zero attached hydrogens (tertiary/aromatic N) is 4. The molecule has 40 heavy (non-hydrogen) atoms. The molecule has 204 valence electrons. The highest BCUT2D eigenvalue weighted by atomic mass is 35.5. The van der Waals surface area contributed by atoms with E-state index in [-0.39, 0.29) is 28.2 Å². The Labute approximate surface area is 233 Å². The number of nitrogens with one attached hydrogen (secondary N) is 1. The first-order valence-electron chi connectivity index (χ1n) is 13.2. The van der Waals surface area contributed by atoms with Crippen LogP contribution in [0.15, 0.2) is 77.9 Å². The number of amides is 1. The lowest BCUT2D eigenvalue weighted by Crippen LogP contribution is -2.39. The van der Waals surface area contributed by atoms with E-state index in [0.717, 1.165) is 46.7 Å². The second kappa shape index (κ2) is 10.8. The molecule has 0 aliphatic heterocycles. The smallest absolute Gasteiger partial charge is 0.333 e. The van der Waals surface area contributed by atoms with Gasteiger partial charge in [-0.3, -0.25) is 23.9 Å². The van der Waals surface area contributed by atoms with Crippen LogP contribution in [-0.2, 0) is 6.54 Å². The summed E-state index contributed by atoms with van der Waals surface area (Å²) >= 11 is 5.91. The van der Waals surface area contributed by atoms with E-state index in [0.29, 0.717) is 19.4 Å². The molecule has 1 amide bonds. The van der Waals surface area contributed by atoms with Crippen LogP contribution in [0, 0.1) is 5.92 Å². The molecule has 0 saturated heterocycles. The number of para-hydroxylation sites is 2. The van der Waals surface area contributed by atoms with Crippen LogP contribution in [0.2, 0.25) is 5.02 Å². The van der Waals surface area contributed by atoms with E-state index in [1.807, 2.05) is 59.2 Å². The summed E-state index contributed by atoms with van der Waals surface area (Å²) in [6.45, 7) is 0.548. The Morgan fingerprint density at radius 1 is 1.00 bits per heavy atom. The maximum atomic E-state index is 13.8. The molecule has 3 heterocycles. The number of benzene rings is 2. The Morgan fingerprint density at radius 2 is 1.77 bits per heavy atom. The van der Waals surface area contributed by atoms with Crippen LogP contribution in [0.25, 0.3) is 27.6 Å². The van der Waals surface area contributed by atoms with E-state index in [4.69, 9.17) is 11.6 Å². The minimum absolute atomic E-state index is 0.111. The number of hydrogen-bond acceptors (Lipinski definition) is 4. The van der Waals surface area contributed by atoms with Crippen molar-refractivity contribution < 1.29 is 13.6 Å². The van der Waals surface area contributed by atoms with E-state index in [2.05, 4.69) is 15.3 Å². The molecule has 0 unspecified atom stereocenters. The van der Waals surface area contributed by atoms with Crippen molar-refractivity contribution in [2.45, 2.75) is 44.7 Å². The van der Waals surface area contributed by atoms with Crippen LogP contribution in [0.1, 0.15) is 48.2 Å². The fraction of sp³-hybridized carbons (Fsp3) is 0.267. The van der Waals surface area contributed by atoms with Crippen molar-refractivity contribution in [2.75, 3.05) is 0 Å². The summed E-state index contributed by atoms with van der Waals surface area (Å²) in [5, 5.41) is 4.01. The van der Waals surface area contributed by atoms with Gasteiger partial charge in [0.05, 0.1) is 32.8 Å². The number of aromatic nitrogens is 4. The molecule has 1 fully saturated rings. The molecular weight excluding hydrogens is 536 g/mol. The van der Waals surface area contributed by atoms with Crippen LogP contribution >= 0.6 is 11.6 Å². The number of carbonyl (C=O) groups is 1. The molecular formula is C30H26ClF2N5O2. The summed E-state index contributed by atoms with van der Waals surface area (Å²) in [5.74, 6) is -0.370. The lowest BCUT2D eigenvalue weighted by Gasteiger charge is -2.29. The normalized spacial score (nSPS) is 17.5. The second-order valence-electron chi connectivity index (χ2n) is 10.2. The lowest BCUT2D eigenvalue weighted by molar-refractivity contribution is 0.0904. The van der Waals surface area contributed by atoms with Gasteiger partial charge < -0.3 is 5.32 Å².